The number of hydrogen-bond acceptors (Lipinski definition) is 2. The van der Waals surface area contributed by atoms with Crippen molar-refractivity contribution < 1.29 is 4.79 Å². The number of aromatic nitrogens is 1. The van der Waals surface area contributed by atoms with Crippen LogP contribution in [0, 0.1) is 18.8 Å². The second-order valence-electron chi connectivity index (χ2n) is 5.39. The quantitative estimate of drug-likeness (QED) is 0.764. The fraction of sp³-hybridized carbons (Fsp3) is 0.615. The number of nitrogens with one attached hydrogen (secondary N) is 1. The highest BCUT2D eigenvalue weighted by Gasteiger charge is 2.42. The number of carbonyl (C=O) groups is 1. The first kappa shape index (κ1) is 10.8. The maximum Gasteiger partial charge on any atom is 0.255 e. The number of H-pyrrole nitrogens is 1. The zero-order valence-electron chi connectivity index (χ0n) is 10.1. The normalized spacial score (nSPS) is 31.9. The molecule has 4 heteroatoms. The van der Waals surface area contributed by atoms with Gasteiger partial charge in [0.05, 0.1) is 5.56 Å². The average molecular weight is 233 g/mol. The highest BCUT2D eigenvalue weighted by atomic mass is 16.2. The molecule has 3 unspecified atom stereocenters. The van der Waals surface area contributed by atoms with Gasteiger partial charge in [0.25, 0.3) is 5.91 Å². The van der Waals surface area contributed by atoms with Crippen LogP contribution in [0.3, 0.4) is 0 Å². The average Bonchev–Trinajstić information content (AvgIpc) is 2.96. The van der Waals surface area contributed by atoms with Crippen LogP contribution < -0.4 is 5.73 Å². The van der Waals surface area contributed by atoms with Gasteiger partial charge in [-0.2, -0.15) is 0 Å². The molecule has 1 amide bonds. The molecule has 1 aliphatic carbocycles. The molecule has 1 saturated heterocycles. The Labute approximate surface area is 101 Å². The van der Waals surface area contributed by atoms with Gasteiger partial charge in [-0.05, 0) is 37.7 Å². The Morgan fingerprint density at radius 3 is 2.94 bits per heavy atom. The minimum Gasteiger partial charge on any atom is -0.365 e. The van der Waals surface area contributed by atoms with E-state index in [4.69, 9.17) is 5.73 Å². The lowest BCUT2D eigenvalue weighted by molar-refractivity contribution is 0.0779. The lowest BCUT2D eigenvalue weighted by Crippen LogP contribution is -2.33. The first-order valence-corrected chi connectivity index (χ1v) is 6.35. The van der Waals surface area contributed by atoms with Crippen LogP contribution in [0.4, 0.5) is 0 Å². The van der Waals surface area contributed by atoms with E-state index in [0.717, 1.165) is 30.8 Å². The molecule has 1 aromatic rings. The first-order chi connectivity index (χ1) is 8.16. The third-order valence-electron chi connectivity index (χ3n) is 4.38. The second kappa shape index (κ2) is 3.88. The van der Waals surface area contributed by atoms with E-state index in [1.165, 1.54) is 6.42 Å². The molecular formula is C13H19N3O. The SMILES string of the molecule is Cc1[nH]ccc1C(=O)N1CC2CCC(N)C2C1. The van der Waals surface area contributed by atoms with Crippen LogP contribution in [0.15, 0.2) is 12.3 Å². The molecule has 1 aromatic heterocycles. The van der Waals surface area contributed by atoms with E-state index in [2.05, 4.69) is 4.98 Å². The lowest BCUT2D eigenvalue weighted by atomic mass is 9.98. The maximum absolute atomic E-state index is 12.3. The van der Waals surface area contributed by atoms with E-state index in [1.54, 1.807) is 0 Å². The number of amides is 1. The molecule has 1 saturated carbocycles. The Kier molecular flexibility index (Phi) is 2.47. The van der Waals surface area contributed by atoms with E-state index >= 15 is 0 Å². The van der Waals surface area contributed by atoms with Crippen molar-refractivity contribution in [2.24, 2.45) is 17.6 Å². The highest BCUT2D eigenvalue weighted by Crippen LogP contribution is 2.37. The summed E-state index contributed by atoms with van der Waals surface area (Å²) in [5.74, 6) is 1.32. The second-order valence-corrected chi connectivity index (χ2v) is 5.39. The van der Waals surface area contributed by atoms with Gasteiger partial charge in [-0.1, -0.05) is 0 Å². The van der Waals surface area contributed by atoms with Gasteiger partial charge in [0.2, 0.25) is 0 Å². The molecule has 2 fully saturated rings. The van der Waals surface area contributed by atoms with Crippen molar-refractivity contribution in [3.63, 3.8) is 0 Å². The molecule has 4 nitrogen and oxygen atoms in total. The Morgan fingerprint density at radius 2 is 2.29 bits per heavy atom. The largest absolute Gasteiger partial charge is 0.365 e. The van der Waals surface area contributed by atoms with Gasteiger partial charge in [-0.25, -0.2) is 0 Å². The van der Waals surface area contributed by atoms with Crippen molar-refractivity contribution >= 4 is 5.91 Å². The van der Waals surface area contributed by atoms with E-state index in [0.29, 0.717) is 17.9 Å². The summed E-state index contributed by atoms with van der Waals surface area (Å²) in [6.45, 7) is 3.67. The number of fused-ring (bicyclic) bond motifs is 1. The number of carbonyl (C=O) groups excluding carboxylic acids is 1. The molecule has 3 atom stereocenters. The molecule has 1 aliphatic heterocycles. The minimum atomic E-state index is 0.158. The zero-order chi connectivity index (χ0) is 12.0. The van der Waals surface area contributed by atoms with Crippen LogP contribution in [-0.2, 0) is 0 Å². The minimum absolute atomic E-state index is 0.158. The summed E-state index contributed by atoms with van der Waals surface area (Å²) >= 11 is 0. The third kappa shape index (κ3) is 1.67. The van der Waals surface area contributed by atoms with Gasteiger partial charge in [0.15, 0.2) is 0 Å². The van der Waals surface area contributed by atoms with Crippen molar-refractivity contribution in [1.82, 2.24) is 9.88 Å². The van der Waals surface area contributed by atoms with Gasteiger partial charge in [0, 0.05) is 31.0 Å². The van der Waals surface area contributed by atoms with Crippen molar-refractivity contribution in [2.75, 3.05) is 13.1 Å². The molecule has 17 heavy (non-hydrogen) atoms. The Bertz CT molecular complexity index is 440. The number of nitrogens with two attached hydrogens (primary N) is 1. The Hall–Kier alpha value is -1.29. The highest BCUT2D eigenvalue weighted by molar-refractivity contribution is 5.95. The molecule has 0 bridgehead atoms. The number of hydrogen-bond donors (Lipinski definition) is 2. The van der Waals surface area contributed by atoms with Crippen molar-refractivity contribution in [1.29, 1.82) is 0 Å². The third-order valence-corrected chi connectivity index (χ3v) is 4.38. The molecule has 92 valence electrons. The predicted molar refractivity (Wildman–Crippen MR) is 65.6 cm³/mol. The maximum atomic E-state index is 12.3. The topological polar surface area (TPSA) is 62.1 Å². The first-order valence-electron chi connectivity index (χ1n) is 6.35. The fourth-order valence-corrected chi connectivity index (χ4v) is 3.33. The smallest absolute Gasteiger partial charge is 0.255 e. The monoisotopic (exact) mass is 233 g/mol. The summed E-state index contributed by atoms with van der Waals surface area (Å²) < 4.78 is 0. The Morgan fingerprint density at radius 1 is 1.47 bits per heavy atom. The van der Waals surface area contributed by atoms with E-state index in [-0.39, 0.29) is 5.91 Å². The standard InChI is InChI=1S/C13H19N3O/c1-8-10(4-5-15-8)13(17)16-6-9-2-3-12(14)11(9)7-16/h4-5,9,11-12,15H,2-3,6-7,14H2,1H3. The molecule has 2 heterocycles. The van der Waals surface area contributed by atoms with Crippen LogP contribution >= 0.6 is 0 Å². The molecule has 0 spiro atoms. The molecule has 3 rings (SSSR count). The van der Waals surface area contributed by atoms with Crippen LogP contribution in [-0.4, -0.2) is 34.9 Å². The molecule has 0 aromatic carbocycles. The van der Waals surface area contributed by atoms with Gasteiger partial charge in [0.1, 0.15) is 0 Å². The van der Waals surface area contributed by atoms with Crippen molar-refractivity contribution in [3.8, 4) is 0 Å². The number of aromatic amines is 1. The number of likely N-dealkylation sites (tertiary alicyclic amines) is 1. The number of rotatable bonds is 1. The number of aryl methyl sites for hydroxylation is 1. The van der Waals surface area contributed by atoms with Gasteiger partial charge >= 0.3 is 0 Å². The van der Waals surface area contributed by atoms with Gasteiger partial charge in [-0.15, -0.1) is 0 Å². The summed E-state index contributed by atoms with van der Waals surface area (Å²) in [7, 11) is 0. The van der Waals surface area contributed by atoms with Crippen molar-refractivity contribution in [2.45, 2.75) is 25.8 Å². The fourth-order valence-electron chi connectivity index (χ4n) is 3.33. The summed E-state index contributed by atoms with van der Waals surface area (Å²) in [6, 6.07) is 2.16. The summed E-state index contributed by atoms with van der Waals surface area (Å²) in [5, 5.41) is 0. The summed E-state index contributed by atoms with van der Waals surface area (Å²) in [6.07, 6.45) is 4.13. The van der Waals surface area contributed by atoms with E-state index < -0.39 is 0 Å². The molecule has 3 N–H and O–H groups in total. The van der Waals surface area contributed by atoms with Gasteiger partial charge < -0.3 is 15.6 Å². The molecular weight excluding hydrogens is 214 g/mol. The lowest BCUT2D eigenvalue weighted by Gasteiger charge is -2.18. The van der Waals surface area contributed by atoms with Crippen molar-refractivity contribution in [3.05, 3.63) is 23.5 Å². The molecule has 0 radical (unpaired) electrons. The summed E-state index contributed by atoms with van der Waals surface area (Å²) in [4.78, 5) is 17.4. The van der Waals surface area contributed by atoms with Crippen LogP contribution in [0.25, 0.3) is 0 Å². The molecule has 2 aliphatic rings. The van der Waals surface area contributed by atoms with Gasteiger partial charge in [-0.3, -0.25) is 4.79 Å². The number of nitrogens with zero attached hydrogens (tertiary/aromatic N) is 1. The van der Waals surface area contributed by atoms with Crippen LogP contribution in [0.5, 0.6) is 0 Å². The summed E-state index contributed by atoms with van der Waals surface area (Å²) in [5.41, 5.74) is 7.85. The predicted octanol–water partition coefficient (Wildman–Crippen LogP) is 1.13. The van der Waals surface area contributed by atoms with E-state index in [1.807, 2.05) is 24.1 Å². The van der Waals surface area contributed by atoms with E-state index in [9.17, 15) is 4.79 Å². The zero-order valence-corrected chi connectivity index (χ0v) is 10.1. The Balaban J connectivity index is 1.75. The van der Waals surface area contributed by atoms with Crippen LogP contribution in [0.2, 0.25) is 0 Å². The van der Waals surface area contributed by atoms with Crippen LogP contribution in [0.1, 0.15) is 28.9 Å².